The maximum atomic E-state index is 11.7. The molecule has 2 rings (SSSR count). The number of pyridine rings is 1. The van der Waals surface area contributed by atoms with Gasteiger partial charge in [0.2, 0.25) is 0 Å². The Balaban J connectivity index is 1.98. The van der Waals surface area contributed by atoms with E-state index in [-0.39, 0.29) is 6.03 Å². The molecule has 0 saturated carbocycles. The summed E-state index contributed by atoms with van der Waals surface area (Å²) in [4.78, 5) is 15.8. The lowest BCUT2D eigenvalue weighted by molar-refractivity contribution is 0.262. The van der Waals surface area contributed by atoms with Crippen LogP contribution in [0.4, 0.5) is 16.3 Å². The Morgan fingerprint density at radius 3 is 2.61 bits per heavy atom. The highest BCUT2D eigenvalue weighted by molar-refractivity contribution is 5.99. The van der Waals surface area contributed by atoms with E-state index in [0.29, 0.717) is 11.5 Å². The number of anilines is 2. The van der Waals surface area contributed by atoms with Gasteiger partial charge in [0.05, 0.1) is 11.9 Å². The van der Waals surface area contributed by atoms with Crippen molar-refractivity contribution in [2.45, 2.75) is 13.8 Å². The second-order valence-electron chi connectivity index (χ2n) is 4.06. The van der Waals surface area contributed by atoms with Gasteiger partial charge in [-0.2, -0.15) is 5.10 Å². The highest BCUT2D eigenvalue weighted by Crippen LogP contribution is 2.09. The standard InChI is InChI=1S/C12H15N5O/c1-8-4-5-10(7-13-8)14-12(18)15-11-6-9(2)17(3)16-11/h4-7H,1-3H3,(H2,14,15,16,18). The molecule has 0 atom stereocenters. The van der Waals surface area contributed by atoms with Crippen LogP contribution in [0.15, 0.2) is 24.4 Å². The van der Waals surface area contributed by atoms with Crippen molar-refractivity contribution in [3.8, 4) is 0 Å². The molecule has 0 fully saturated rings. The Kier molecular flexibility index (Phi) is 3.27. The summed E-state index contributed by atoms with van der Waals surface area (Å²) in [6, 6.07) is 5.10. The van der Waals surface area contributed by atoms with Gasteiger partial charge in [0, 0.05) is 24.5 Å². The first-order chi connectivity index (χ1) is 8.54. The molecule has 6 nitrogen and oxygen atoms in total. The van der Waals surface area contributed by atoms with Crippen LogP contribution in [0.25, 0.3) is 0 Å². The number of carbonyl (C=O) groups excluding carboxylic acids is 1. The molecule has 0 aliphatic heterocycles. The molecular formula is C12H15N5O. The molecule has 0 aliphatic rings. The molecule has 0 unspecified atom stereocenters. The molecule has 0 spiro atoms. The normalized spacial score (nSPS) is 10.2. The summed E-state index contributed by atoms with van der Waals surface area (Å²) in [7, 11) is 1.82. The van der Waals surface area contributed by atoms with Gasteiger partial charge in [-0.25, -0.2) is 4.79 Å². The van der Waals surface area contributed by atoms with Crippen molar-refractivity contribution < 1.29 is 4.79 Å². The lowest BCUT2D eigenvalue weighted by Gasteiger charge is -2.05. The zero-order valence-electron chi connectivity index (χ0n) is 10.6. The van der Waals surface area contributed by atoms with Gasteiger partial charge in [0.15, 0.2) is 5.82 Å². The van der Waals surface area contributed by atoms with Crippen molar-refractivity contribution in [3.05, 3.63) is 35.8 Å². The quantitative estimate of drug-likeness (QED) is 0.850. The average Bonchev–Trinajstić information content (AvgIpc) is 2.61. The molecule has 2 aromatic heterocycles. The smallest absolute Gasteiger partial charge is 0.306 e. The summed E-state index contributed by atoms with van der Waals surface area (Å²) < 4.78 is 1.70. The van der Waals surface area contributed by atoms with Gasteiger partial charge in [-0.05, 0) is 26.0 Å². The summed E-state index contributed by atoms with van der Waals surface area (Å²) in [6.07, 6.45) is 1.61. The van der Waals surface area contributed by atoms with Crippen LogP contribution in [-0.2, 0) is 7.05 Å². The average molecular weight is 245 g/mol. The van der Waals surface area contributed by atoms with Crippen LogP contribution < -0.4 is 10.6 Å². The largest absolute Gasteiger partial charge is 0.324 e. The van der Waals surface area contributed by atoms with Crippen LogP contribution >= 0.6 is 0 Å². The van der Waals surface area contributed by atoms with Crippen molar-refractivity contribution in [2.75, 3.05) is 10.6 Å². The molecule has 2 aromatic rings. The van der Waals surface area contributed by atoms with E-state index in [9.17, 15) is 4.79 Å². The summed E-state index contributed by atoms with van der Waals surface area (Å²) in [5, 5.41) is 9.48. The highest BCUT2D eigenvalue weighted by atomic mass is 16.2. The van der Waals surface area contributed by atoms with Gasteiger partial charge in [-0.3, -0.25) is 15.0 Å². The molecule has 0 bridgehead atoms. The van der Waals surface area contributed by atoms with Gasteiger partial charge in [-0.1, -0.05) is 0 Å². The van der Waals surface area contributed by atoms with Crippen LogP contribution in [0, 0.1) is 13.8 Å². The Morgan fingerprint density at radius 2 is 2.06 bits per heavy atom. The van der Waals surface area contributed by atoms with Gasteiger partial charge in [-0.15, -0.1) is 0 Å². The summed E-state index contributed by atoms with van der Waals surface area (Å²) in [5.74, 6) is 0.521. The van der Waals surface area contributed by atoms with Crippen LogP contribution in [0.2, 0.25) is 0 Å². The number of rotatable bonds is 2. The predicted octanol–water partition coefficient (Wildman–Crippen LogP) is 2.08. The predicted molar refractivity (Wildman–Crippen MR) is 69.6 cm³/mol. The molecule has 6 heteroatoms. The Hall–Kier alpha value is -2.37. The minimum Gasteiger partial charge on any atom is -0.306 e. The zero-order chi connectivity index (χ0) is 13.1. The molecule has 18 heavy (non-hydrogen) atoms. The lowest BCUT2D eigenvalue weighted by atomic mass is 10.3. The van der Waals surface area contributed by atoms with Crippen molar-refractivity contribution in [1.29, 1.82) is 0 Å². The van der Waals surface area contributed by atoms with E-state index >= 15 is 0 Å². The SMILES string of the molecule is Cc1ccc(NC(=O)Nc2cc(C)n(C)n2)cn1. The highest BCUT2D eigenvalue weighted by Gasteiger charge is 2.06. The summed E-state index contributed by atoms with van der Waals surface area (Å²) in [5.41, 5.74) is 2.52. The number of amides is 2. The monoisotopic (exact) mass is 245 g/mol. The van der Waals surface area contributed by atoms with Crippen molar-refractivity contribution in [3.63, 3.8) is 0 Å². The number of aryl methyl sites for hydroxylation is 3. The van der Waals surface area contributed by atoms with Crippen LogP contribution in [0.1, 0.15) is 11.4 Å². The van der Waals surface area contributed by atoms with Gasteiger partial charge in [0.25, 0.3) is 0 Å². The van der Waals surface area contributed by atoms with Gasteiger partial charge in [0.1, 0.15) is 0 Å². The zero-order valence-corrected chi connectivity index (χ0v) is 10.6. The molecule has 0 aromatic carbocycles. The number of carbonyl (C=O) groups is 1. The Labute approximate surface area is 105 Å². The third-order valence-electron chi connectivity index (χ3n) is 2.52. The fraction of sp³-hybridized carbons (Fsp3) is 0.250. The molecule has 0 aliphatic carbocycles. The first kappa shape index (κ1) is 12.1. The van der Waals surface area contributed by atoms with Crippen molar-refractivity contribution in [1.82, 2.24) is 14.8 Å². The van der Waals surface area contributed by atoms with Gasteiger partial charge >= 0.3 is 6.03 Å². The number of aromatic nitrogens is 3. The van der Waals surface area contributed by atoms with Crippen molar-refractivity contribution >= 4 is 17.5 Å². The first-order valence-electron chi connectivity index (χ1n) is 5.56. The number of hydrogen-bond donors (Lipinski definition) is 2. The minimum absolute atomic E-state index is 0.334. The molecule has 2 N–H and O–H groups in total. The van der Waals surface area contributed by atoms with E-state index in [2.05, 4.69) is 20.7 Å². The van der Waals surface area contributed by atoms with E-state index < -0.39 is 0 Å². The fourth-order valence-corrected chi connectivity index (χ4v) is 1.44. The molecule has 0 saturated heterocycles. The van der Waals surface area contributed by atoms with Crippen LogP contribution in [-0.4, -0.2) is 20.8 Å². The number of nitrogens with zero attached hydrogens (tertiary/aromatic N) is 3. The van der Waals surface area contributed by atoms with E-state index in [1.807, 2.05) is 27.0 Å². The van der Waals surface area contributed by atoms with E-state index in [4.69, 9.17) is 0 Å². The Bertz CT molecular complexity index is 539. The van der Waals surface area contributed by atoms with Crippen molar-refractivity contribution in [2.24, 2.45) is 7.05 Å². The summed E-state index contributed by atoms with van der Waals surface area (Å²) in [6.45, 7) is 3.81. The minimum atomic E-state index is -0.334. The van der Waals surface area contributed by atoms with Crippen LogP contribution in [0.5, 0.6) is 0 Å². The number of nitrogens with one attached hydrogen (secondary N) is 2. The third-order valence-corrected chi connectivity index (χ3v) is 2.52. The maximum Gasteiger partial charge on any atom is 0.324 e. The molecular weight excluding hydrogens is 230 g/mol. The van der Waals surface area contributed by atoms with Gasteiger partial charge < -0.3 is 5.32 Å². The fourth-order valence-electron chi connectivity index (χ4n) is 1.44. The molecule has 2 heterocycles. The Morgan fingerprint density at radius 1 is 1.28 bits per heavy atom. The third kappa shape index (κ3) is 2.85. The topological polar surface area (TPSA) is 71.8 Å². The second-order valence-corrected chi connectivity index (χ2v) is 4.06. The van der Waals surface area contributed by atoms with E-state index in [1.165, 1.54) is 0 Å². The summed E-state index contributed by atoms with van der Waals surface area (Å²) >= 11 is 0. The van der Waals surface area contributed by atoms with Crippen LogP contribution in [0.3, 0.4) is 0 Å². The maximum absolute atomic E-state index is 11.7. The number of urea groups is 1. The molecule has 0 radical (unpaired) electrons. The van der Waals surface area contributed by atoms with E-state index in [1.54, 1.807) is 23.0 Å². The second kappa shape index (κ2) is 4.87. The molecule has 2 amide bonds. The number of hydrogen-bond acceptors (Lipinski definition) is 3. The van der Waals surface area contributed by atoms with E-state index in [0.717, 1.165) is 11.4 Å². The molecule has 94 valence electrons. The first-order valence-corrected chi connectivity index (χ1v) is 5.56. The lowest BCUT2D eigenvalue weighted by Crippen LogP contribution is -2.19.